The van der Waals surface area contributed by atoms with Gasteiger partial charge in [0.1, 0.15) is 11.5 Å². The molecule has 1 aliphatic heterocycles. The van der Waals surface area contributed by atoms with Gasteiger partial charge in [0.15, 0.2) is 0 Å². The molecule has 6 heteroatoms. The summed E-state index contributed by atoms with van der Waals surface area (Å²) < 4.78 is 1.89. The molecule has 26 heavy (non-hydrogen) atoms. The first-order chi connectivity index (χ1) is 12.6. The fraction of sp³-hybridized carbons (Fsp3) is 0. The van der Waals surface area contributed by atoms with Crippen molar-refractivity contribution >= 4 is 66.7 Å². The Morgan fingerprint density at radius 2 is 1.77 bits per heavy atom. The van der Waals surface area contributed by atoms with E-state index < -0.39 is 0 Å². The van der Waals surface area contributed by atoms with Crippen LogP contribution in [0.15, 0.2) is 85.7 Å². The van der Waals surface area contributed by atoms with Gasteiger partial charge in [-0.2, -0.15) is 0 Å². The number of aliphatic imine (C=N–C) groups is 1. The molecule has 0 saturated carbocycles. The van der Waals surface area contributed by atoms with E-state index in [0.29, 0.717) is 11.5 Å². The Morgan fingerprint density at radius 3 is 2.46 bits per heavy atom. The fourth-order valence-corrected chi connectivity index (χ4v) is 3.97. The van der Waals surface area contributed by atoms with Crippen molar-refractivity contribution in [2.24, 2.45) is 4.99 Å². The summed E-state index contributed by atoms with van der Waals surface area (Å²) in [4.78, 5) is 20.4. The highest BCUT2D eigenvalue weighted by Gasteiger charge is 2.32. The van der Waals surface area contributed by atoms with Gasteiger partial charge >= 0.3 is 0 Å². The first-order valence-electron chi connectivity index (χ1n) is 7.82. The van der Waals surface area contributed by atoms with Gasteiger partial charge in [0, 0.05) is 19.4 Å². The smallest absolute Gasteiger partial charge is 0.266 e. The van der Waals surface area contributed by atoms with Crippen molar-refractivity contribution in [3.05, 3.63) is 91.1 Å². The van der Waals surface area contributed by atoms with Crippen LogP contribution in [0.3, 0.4) is 0 Å². The van der Waals surface area contributed by atoms with E-state index in [1.165, 1.54) is 0 Å². The van der Waals surface area contributed by atoms with Crippen LogP contribution in [0.25, 0.3) is 6.08 Å². The van der Waals surface area contributed by atoms with Crippen molar-refractivity contribution < 1.29 is 4.79 Å². The number of anilines is 1. The zero-order valence-electron chi connectivity index (χ0n) is 13.4. The lowest BCUT2D eigenvalue weighted by molar-refractivity contribution is -0.113. The topological polar surface area (TPSA) is 32.7 Å². The monoisotopic (exact) mass is 486 g/mol. The number of amidine groups is 1. The number of halogens is 2. The molecule has 1 amide bonds. The van der Waals surface area contributed by atoms with Gasteiger partial charge in [0.25, 0.3) is 5.91 Å². The fourth-order valence-electron chi connectivity index (χ4n) is 2.67. The highest BCUT2D eigenvalue weighted by atomic mass is 79.9. The van der Waals surface area contributed by atoms with Gasteiger partial charge < -0.3 is 0 Å². The Bertz CT molecular complexity index is 1020. The SMILES string of the molecule is O=C1/C(=C\c2cccs2)N=C(c2ccc(Br)cc2)N1c1cccc(Br)c1. The maximum Gasteiger partial charge on any atom is 0.282 e. The molecule has 2 aromatic carbocycles. The lowest BCUT2D eigenvalue weighted by Crippen LogP contribution is -2.32. The zero-order chi connectivity index (χ0) is 18.1. The molecule has 0 fully saturated rings. The average molecular weight is 488 g/mol. The third kappa shape index (κ3) is 3.45. The summed E-state index contributed by atoms with van der Waals surface area (Å²) in [6.45, 7) is 0. The number of carbonyl (C=O) groups is 1. The van der Waals surface area contributed by atoms with Crippen LogP contribution in [0.4, 0.5) is 5.69 Å². The summed E-state index contributed by atoms with van der Waals surface area (Å²) in [6, 6.07) is 19.4. The van der Waals surface area contributed by atoms with E-state index in [9.17, 15) is 4.79 Å². The van der Waals surface area contributed by atoms with Gasteiger partial charge in [-0.15, -0.1) is 11.3 Å². The third-order valence-corrected chi connectivity index (χ3v) is 5.69. The van der Waals surface area contributed by atoms with E-state index >= 15 is 0 Å². The van der Waals surface area contributed by atoms with Crippen LogP contribution in [0, 0.1) is 0 Å². The summed E-state index contributed by atoms with van der Waals surface area (Å²) in [5.41, 5.74) is 2.10. The second-order valence-electron chi connectivity index (χ2n) is 5.61. The second kappa shape index (κ2) is 7.31. The number of amides is 1. The number of thiophene rings is 1. The molecule has 128 valence electrons. The second-order valence-corrected chi connectivity index (χ2v) is 8.42. The van der Waals surface area contributed by atoms with Crippen molar-refractivity contribution in [3.8, 4) is 0 Å². The highest BCUT2D eigenvalue weighted by molar-refractivity contribution is 9.10. The van der Waals surface area contributed by atoms with E-state index in [-0.39, 0.29) is 5.91 Å². The first-order valence-corrected chi connectivity index (χ1v) is 10.3. The highest BCUT2D eigenvalue weighted by Crippen LogP contribution is 2.30. The predicted molar refractivity (Wildman–Crippen MR) is 115 cm³/mol. The molecule has 0 saturated heterocycles. The van der Waals surface area contributed by atoms with Crippen molar-refractivity contribution in [1.29, 1.82) is 0 Å². The van der Waals surface area contributed by atoms with Crippen LogP contribution in [0.5, 0.6) is 0 Å². The van der Waals surface area contributed by atoms with Gasteiger partial charge in [-0.05, 0) is 47.9 Å². The molecule has 1 aromatic heterocycles. The maximum absolute atomic E-state index is 13.1. The molecule has 0 unspecified atom stereocenters. The number of hydrogen-bond donors (Lipinski definition) is 0. The van der Waals surface area contributed by atoms with E-state index in [4.69, 9.17) is 0 Å². The predicted octanol–water partition coefficient (Wildman–Crippen LogP) is 6.11. The average Bonchev–Trinajstić information content (AvgIpc) is 3.25. The van der Waals surface area contributed by atoms with Crippen LogP contribution in [0.2, 0.25) is 0 Å². The van der Waals surface area contributed by atoms with Gasteiger partial charge in [-0.1, -0.05) is 56.1 Å². The normalized spacial score (nSPS) is 15.6. The molecule has 0 spiro atoms. The molecule has 0 atom stereocenters. The van der Waals surface area contributed by atoms with Gasteiger partial charge in [0.05, 0.1) is 5.69 Å². The van der Waals surface area contributed by atoms with E-state index in [1.54, 1.807) is 16.2 Å². The van der Waals surface area contributed by atoms with Gasteiger partial charge in [-0.25, -0.2) is 4.99 Å². The molecule has 0 aliphatic carbocycles. The van der Waals surface area contributed by atoms with E-state index in [2.05, 4.69) is 36.9 Å². The third-order valence-electron chi connectivity index (χ3n) is 3.85. The van der Waals surface area contributed by atoms with Gasteiger partial charge in [-0.3, -0.25) is 9.69 Å². The van der Waals surface area contributed by atoms with Crippen LogP contribution in [0.1, 0.15) is 10.4 Å². The lowest BCUT2D eigenvalue weighted by Gasteiger charge is -2.18. The first kappa shape index (κ1) is 17.4. The Morgan fingerprint density at radius 1 is 0.962 bits per heavy atom. The number of nitrogens with zero attached hydrogens (tertiary/aromatic N) is 2. The molecule has 3 nitrogen and oxygen atoms in total. The Labute approximate surface area is 172 Å². The Kier molecular flexibility index (Phi) is 4.89. The molecule has 0 radical (unpaired) electrons. The van der Waals surface area contributed by atoms with Gasteiger partial charge in [0.2, 0.25) is 0 Å². The number of carbonyl (C=O) groups excluding carboxylic acids is 1. The minimum atomic E-state index is -0.130. The molecule has 1 aliphatic rings. The van der Waals surface area contributed by atoms with Crippen LogP contribution in [-0.2, 0) is 4.79 Å². The van der Waals surface area contributed by atoms with E-state index in [0.717, 1.165) is 25.1 Å². The Balaban J connectivity index is 1.84. The summed E-state index contributed by atoms with van der Waals surface area (Å²) in [5, 5.41) is 1.98. The molecule has 0 N–H and O–H groups in total. The number of hydrogen-bond acceptors (Lipinski definition) is 3. The minimum absolute atomic E-state index is 0.130. The minimum Gasteiger partial charge on any atom is -0.266 e. The maximum atomic E-state index is 13.1. The lowest BCUT2D eigenvalue weighted by atomic mass is 10.2. The van der Waals surface area contributed by atoms with Crippen LogP contribution in [-0.4, -0.2) is 11.7 Å². The zero-order valence-corrected chi connectivity index (χ0v) is 17.4. The quantitative estimate of drug-likeness (QED) is 0.410. The van der Waals surface area contributed by atoms with Crippen molar-refractivity contribution in [3.63, 3.8) is 0 Å². The molecule has 0 bridgehead atoms. The molecule has 4 rings (SSSR count). The van der Waals surface area contributed by atoms with Crippen LogP contribution >= 0.6 is 43.2 Å². The van der Waals surface area contributed by atoms with Crippen molar-refractivity contribution in [2.45, 2.75) is 0 Å². The molecule has 2 heterocycles. The molecular weight excluding hydrogens is 476 g/mol. The van der Waals surface area contributed by atoms with Crippen molar-refractivity contribution in [1.82, 2.24) is 0 Å². The summed E-state index contributed by atoms with van der Waals surface area (Å²) in [5.74, 6) is 0.498. The Hall–Kier alpha value is -2.02. The van der Waals surface area contributed by atoms with Crippen molar-refractivity contribution in [2.75, 3.05) is 4.90 Å². The standard InChI is InChI=1S/C20H12Br2N2OS/c21-14-8-6-13(7-9-14)19-23-18(12-17-5-2-10-26-17)20(25)24(19)16-4-1-3-15(22)11-16/h1-12H/b18-12+. The molecule has 3 aromatic rings. The number of rotatable bonds is 3. The van der Waals surface area contributed by atoms with Crippen LogP contribution < -0.4 is 4.90 Å². The summed E-state index contributed by atoms with van der Waals surface area (Å²) in [6.07, 6.45) is 1.84. The largest absolute Gasteiger partial charge is 0.282 e. The van der Waals surface area contributed by atoms with E-state index in [1.807, 2.05) is 72.1 Å². The number of benzene rings is 2. The summed E-state index contributed by atoms with van der Waals surface area (Å²) >= 11 is 8.51. The summed E-state index contributed by atoms with van der Waals surface area (Å²) in [7, 11) is 0. The molecular formula is C20H12Br2N2OS.